The molecule has 0 aromatic heterocycles. The van der Waals surface area contributed by atoms with Crippen molar-refractivity contribution in [3.05, 3.63) is 40.9 Å². The Morgan fingerprint density at radius 3 is 2.29 bits per heavy atom. The van der Waals surface area contributed by atoms with E-state index in [9.17, 15) is 9.59 Å². The van der Waals surface area contributed by atoms with Crippen molar-refractivity contribution in [1.29, 1.82) is 0 Å². The third-order valence-corrected chi connectivity index (χ3v) is 2.71. The Balaban J connectivity index is 2.69. The number of imide groups is 1. The number of hydrogen-bond acceptors (Lipinski definition) is 3. The monoisotopic (exact) mass is 309 g/mol. The van der Waals surface area contributed by atoms with Gasteiger partial charge in [-0.05, 0) is 38.5 Å². The zero-order valence-electron chi connectivity index (χ0n) is 12.7. The average molecular weight is 310 g/mol. The predicted octanol–water partition coefficient (Wildman–Crippen LogP) is 4.14. The van der Waals surface area contributed by atoms with E-state index in [0.29, 0.717) is 5.02 Å². The van der Waals surface area contributed by atoms with Gasteiger partial charge in [-0.25, -0.2) is 9.69 Å². The van der Waals surface area contributed by atoms with Crippen LogP contribution in [0.4, 0.5) is 4.79 Å². The molecule has 0 spiro atoms. The van der Waals surface area contributed by atoms with Crippen LogP contribution in [0.15, 0.2) is 30.3 Å². The summed E-state index contributed by atoms with van der Waals surface area (Å²) in [6.45, 7) is 6.76. The van der Waals surface area contributed by atoms with Crippen LogP contribution >= 0.6 is 11.6 Å². The van der Waals surface area contributed by atoms with Crippen molar-refractivity contribution in [2.45, 2.75) is 33.3 Å². The molecule has 4 nitrogen and oxygen atoms in total. The molecule has 0 saturated carbocycles. The Bertz CT molecular complexity index is 529. The van der Waals surface area contributed by atoms with E-state index in [1.165, 1.54) is 6.92 Å². The number of carbonyl (C=O) groups is 2. The molecule has 0 aliphatic rings. The van der Waals surface area contributed by atoms with Crippen LogP contribution in [0.25, 0.3) is 6.08 Å². The molecular weight excluding hydrogens is 290 g/mol. The molecule has 0 radical (unpaired) electrons. The molecule has 0 aliphatic heterocycles. The maximum Gasteiger partial charge on any atom is 0.417 e. The van der Waals surface area contributed by atoms with Crippen LogP contribution in [0.3, 0.4) is 0 Å². The topological polar surface area (TPSA) is 46.6 Å². The van der Waals surface area contributed by atoms with E-state index in [4.69, 9.17) is 16.3 Å². The Morgan fingerprint density at radius 2 is 1.81 bits per heavy atom. The van der Waals surface area contributed by atoms with Gasteiger partial charge in [0.1, 0.15) is 5.60 Å². The summed E-state index contributed by atoms with van der Waals surface area (Å²) in [6, 6.07) is 7.25. The summed E-state index contributed by atoms with van der Waals surface area (Å²) < 4.78 is 5.19. The van der Waals surface area contributed by atoms with Gasteiger partial charge in [-0.2, -0.15) is 0 Å². The zero-order valence-corrected chi connectivity index (χ0v) is 13.5. The number of carbonyl (C=O) groups excluding carboxylic acids is 2. The van der Waals surface area contributed by atoms with Crippen LogP contribution in [-0.2, 0) is 9.53 Å². The summed E-state index contributed by atoms with van der Waals surface area (Å²) in [5.74, 6) is -0.356. The summed E-state index contributed by atoms with van der Waals surface area (Å²) in [5.41, 5.74) is 0.303. The molecule has 0 aliphatic carbocycles. The first kappa shape index (κ1) is 17.2. The summed E-state index contributed by atoms with van der Waals surface area (Å²) in [4.78, 5) is 24.5. The van der Waals surface area contributed by atoms with Gasteiger partial charge in [-0.3, -0.25) is 4.79 Å². The van der Waals surface area contributed by atoms with Crippen LogP contribution in [-0.4, -0.2) is 29.0 Å². The summed E-state index contributed by atoms with van der Waals surface area (Å²) in [6.07, 6.45) is 2.90. The molecular formula is C16H20ClNO3. The molecule has 114 valence electrons. The number of ether oxygens (including phenoxy) is 1. The fraction of sp³-hybridized carbons (Fsp3) is 0.375. The number of amides is 2. The van der Waals surface area contributed by atoms with Gasteiger partial charge in [0.05, 0.1) is 6.54 Å². The quantitative estimate of drug-likeness (QED) is 0.843. The highest BCUT2D eigenvalue weighted by atomic mass is 35.5. The lowest BCUT2D eigenvalue weighted by Crippen LogP contribution is -2.39. The van der Waals surface area contributed by atoms with Crippen LogP contribution in [0.1, 0.15) is 33.3 Å². The van der Waals surface area contributed by atoms with Crippen molar-refractivity contribution >= 4 is 29.7 Å². The number of nitrogens with zero attached hydrogens (tertiary/aromatic N) is 1. The van der Waals surface area contributed by atoms with Crippen molar-refractivity contribution in [2.75, 3.05) is 6.54 Å². The molecule has 0 bridgehead atoms. The van der Waals surface area contributed by atoms with E-state index in [0.717, 1.165) is 10.5 Å². The zero-order chi connectivity index (χ0) is 16.0. The van der Waals surface area contributed by atoms with Crippen LogP contribution in [0, 0.1) is 0 Å². The van der Waals surface area contributed by atoms with E-state index >= 15 is 0 Å². The highest BCUT2D eigenvalue weighted by Gasteiger charge is 2.23. The second-order valence-corrected chi connectivity index (χ2v) is 6.00. The smallest absolute Gasteiger partial charge is 0.417 e. The molecule has 1 rings (SSSR count). The highest BCUT2D eigenvalue weighted by Crippen LogP contribution is 2.12. The van der Waals surface area contributed by atoms with Crippen molar-refractivity contribution in [3.63, 3.8) is 0 Å². The molecule has 21 heavy (non-hydrogen) atoms. The molecule has 1 aromatic rings. The Morgan fingerprint density at radius 1 is 1.24 bits per heavy atom. The van der Waals surface area contributed by atoms with Crippen molar-refractivity contribution < 1.29 is 14.3 Å². The maximum atomic E-state index is 11.9. The molecule has 0 fully saturated rings. The van der Waals surface area contributed by atoms with Gasteiger partial charge in [-0.15, -0.1) is 0 Å². The Labute approximate surface area is 130 Å². The molecule has 0 atom stereocenters. The largest absolute Gasteiger partial charge is 0.443 e. The lowest BCUT2D eigenvalue weighted by molar-refractivity contribution is -0.127. The first-order valence-corrected chi connectivity index (χ1v) is 7.00. The second kappa shape index (κ2) is 7.27. The average Bonchev–Trinajstić information content (AvgIpc) is 2.34. The molecule has 1 aromatic carbocycles. The van der Waals surface area contributed by atoms with Gasteiger partial charge in [0.25, 0.3) is 0 Å². The lowest BCUT2D eigenvalue weighted by Gasteiger charge is -2.24. The van der Waals surface area contributed by atoms with E-state index in [-0.39, 0.29) is 12.5 Å². The van der Waals surface area contributed by atoms with E-state index in [2.05, 4.69) is 0 Å². The molecule has 0 saturated heterocycles. The van der Waals surface area contributed by atoms with Crippen LogP contribution in [0.2, 0.25) is 5.02 Å². The van der Waals surface area contributed by atoms with Crippen molar-refractivity contribution in [3.8, 4) is 0 Å². The molecule has 0 N–H and O–H groups in total. The standard InChI is InChI=1S/C16H20ClNO3/c1-12(19)18(15(20)21-16(2,3)4)11-5-6-13-7-9-14(17)10-8-13/h5-10H,11H2,1-4H3/b6-5+. The van der Waals surface area contributed by atoms with E-state index < -0.39 is 11.7 Å². The number of rotatable bonds is 3. The van der Waals surface area contributed by atoms with E-state index in [1.807, 2.05) is 18.2 Å². The lowest BCUT2D eigenvalue weighted by atomic mass is 10.2. The summed E-state index contributed by atoms with van der Waals surface area (Å²) in [7, 11) is 0. The fourth-order valence-electron chi connectivity index (χ4n) is 1.52. The fourth-order valence-corrected chi connectivity index (χ4v) is 1.64. The Kier molecular flexibility index (Phi) is 5.97. The van der Waals surface area contributed by atoms with Crippen LogP contribution < -0.4 is 0 Å². The minimum atomic E-state index is -0.643. The number of hydrogen-bond donors (Lipinski definition) is 0. The molecule has 0 heterocycles. The minimum Gasteiger partial charge on any atom is -0.443 e. The van der Waals surface area contributed by atoms with Gasteiger partial charge < -0.3 is 4.74 Å². The summed E-state index contributed by atoms with van der Waals surface area (Å²) >= 11 is 5.80. The Hall–Kier alpha value is -1.81. The third-order valence-electron chi connectivity index (χ3n) is 2.46. The normalized spacial score (nSPS) is 11.5. The molecule has 2 amide bonds. The minimum absolute atomic E-state index is 0.160. The van der Waals surface area contributed by atoms with Crippen LogP contribution in [0.5, 0.6) is 0 Å². The van der Waals surface area contributed by atoms with Gasteiger partial charge >= 0.3 is 6.09 Å². The van der Waals surface area contributed by atoms with Gasteiger partial charge in [0, 0.05) is 11.9 Å². The van der Waals surface area contributed by atoms with Gasteiger partial charge in [-0.1, -0.05) is 35.9 Å². The molecule has 0 unspecified atom stereocenters. The summed E-state index contributed by atoms with van der Waals surface area (Å²) in [5, 5.41) is 0.659. The van der Waals surface area contributed by atoms with E-state index in [1.54, 1.807) is 39.0 Å². The highest BCUT2D eigenvalue weighted by molar-refractivity contribution is 6.30. The second-order valence-electron chi connectivity index (χ2n) is 5.56. The SMILES string of the molecule is CC(=O)N(C/C=C/c1ccc(Cl)cc1)C(=O)OC(C)(C)C. The first-order valence-electron chi connectivity index (χ1n) is 6.62. The van der Waals surface area contributed by atoms with Gasteiger partial charge in [0.2, 0.25) is 5.91 Å². The molecule has 5 heteroatoms. The van der Waals surface area contributed by atoms with Gasteiger partial charge in [0.15, 0.2) is 0 Å². The first-order chi connectivity index (χ1) is 9.69. The maximum absolute atomic E-state index is 11.9. The number of benzene rings is 1. The number of halogens is 1. The van der Waals surface area contributed by atoms with Crippen molar-refractivity contribution in [1.82, 2.24) is 4.90 Å². The predicted molar refractivity (Wildman–Crippen MR) is 84.1 cm³/mol. The third kappa shape index (κ3) is 6.45. The van der Waals surface area contributed by atoms with Crippen molar-refractivity contribution in [2.24, 2.45) is 0 Å².